The van der Waals surface area contributed by atoms with E-state index >= 15 is 0 Å². The molecule has 1 aliphatic heterocycles. The number of rotatable bonds is 2. The number of hydrogen-bond acceptors (Lipinski definition) is 6. The van der Waals surface area contributed by atoms with Crippen molar-refractivity contribution in [3.05, 3.63) is 22.1 Å². The number of carbonyl (C=O) groups is 1. The number of hydrogen-bond donors (Lipinski definition) is 2. The van der Waals surface area contributed by atoms with E-state index in [1.807, 2.05) is 6.92 Å². The molecule has 7 nitrogen and oxygen atoms in total. The van der Waals surface area contributed by atoms with E-state index in [-0.39, 0.29) is 11.7 Å². The lowest BCUT2D eigenvalue weighted by Gasteiger charge is -2.09. The molecule has 2 aromatic rings. The molecule has 0 saturated heterocycles. The van der Waals surface area contributed by atoms with Crippen molar-refractivity contribution in [1.29, 1.82) is 0 Å². The zero-order valence-corrected chi connectivity index (χ0v) is 13.1. The summed E-state index contributed by atoms with van der Waals surface area (Å²) in [5.74, 6) is -0.468. The number of thiophene rings is 1. The second kappa shape index (κ2) is 4.57. The van der Waals surface area contributed by atoms with Gasteiger partial charge in [0.1, 0.15) is 9.71 Å². The summed E-state index contributed by atoms with van der Waals surface area (Å²) in [4.78, 5) is 13.5. The SMILES string of the molecule is Cc1nn(C)c2sc(C(=O)NC3C=CS(=O)(=O)C3)c(N)c12. The lowest BCUT2D eigenvalue weighted by Crippen LogP contribution is -2.35. The Kier molecular flexibility index (Phi) is 3.06. The van der Waals surface area contributed by atoms with Crippen molar-refractivity contribution in [3.8, 4) is 0 Å². The predicted molar refractivity (Wildman–Crippen MR) is 81.9 cm³/mol. The van der Waals surface area contributed by atoms with Crippen molar-refractivity contribution in [2.75, 3.05) is 11.5 Å². The number of nitrogen functional groups attached to an aromatic ring is 1. The normalized spacial score (nSPS) is 20.2. The van der Waals surface area contributed by atoms with Crippen LogP contribution in [0.1, 0.15) is 15.4 Å². The summed E-state index contributed by atoms with van der Waals surface area (Å²) in [6.07, 6.45) is 1.48. The Bertz CT molecular complexity index is 876. The minimum absolute atomic E-state index is 0.107. The van der Waals surface area contributed by atoms with Crippen molar-refractivity contribution < 1.29 is 13.2 Å². The number of carbonyl (C=O) groups excluding carboxylic acids is 1. The number of aryl methyl sites for hydroxylation is 2. The summed E-state index contributed by atoms with van der Waals surface area (Å²) in [5, 5.41) is 8.84. The minimum atomic E-state index is -3.20. The third kappa shape index (κ3) is 2.32. The predicted octanol–water partition coefficient (Wildman–Crippen LogP) is 0.566. The Morgan fingerprint density at radius 3 is 2.86 bits per heavy atom. The van der Waals surface area contributed by atoms with Crippen molar-refractivity contribution >= 4 is 43.0 Å². The first-order valence-electron chi connectivity index (χ1n) is 6.22. The average Bonchev–Trinajstić information content (AvgIpc) is 2.97. The minimum Gasteiger partial charge on any atom is -0.397 e. The Morgan fingerprint density at radius 1 is 1.57 bits per heavy atom. The van der Waals surface area contributed by atoms with Gasteiger partial charge in [0.2, 0.25) is 0 Å². The lowest BCUT2D eigenvalue weighted by molar-refractivity contribution is 0.0952. The van der Waals surface area contributed by atoms with Crippen molar-refractivity contribution in [2.24, 2.45) is 7.05 Å². The van der Waals surface area contributed by atoms with Crippen LogP contribution < -0.4 is 11.1 Å². The van der Waals surface area contributed by atoms with Gasteiger partial charge in [-0.1, -0.05) is 0 Å². The first-order valence-corrected chi connectivity index (χ1v) is 8.75. The van der Waals surface area contributed by atoms with Crippen LogP contribution in [0, 0.1) is 6.92 Å². The van der Waals surface area contributed by atoms with Crippen LogP contribution in [-0.2, 0) is 16.9 Å². The molecule has 0 spiro atoms. The first-order chi connectivity index (χ1) is 9.78. The molecular weight excluding hydrogens is 312 g/mol. The molecule has 9 heteroatoms. The lowest BCUT2D eigenvalue weighted by atomic mass is 10.2. The van der Waals surface area contributed by atoms with Crippen LogP contribution in [0.3, 0.4) is 0 Å². The number of amides is 1. The zero-order valence-electron chi connectivity index (χ0n) is 11.5. The molecule has 1 unspecified atom stereocenters. The largest absolute Gasteiger partial charge is 0.397 e. The molecule has 3 rings (SSSR count). The summed E-state index contributed by atoms with van der Waals surface area (Å²) >= 11 is 1.25. The number of nitrogens with zero attached hydrogens (tertiary/aromatic N) is 2. The monoisotopic (exact) mass is 326 g/mol. The summed E-state index contributed by atoms with van der Waals surface area (Å²) in [6, 6.07) is -0.508. The van der Waals surface area contributed by atoms with Gasteiger partial charge in [0.25, 0.3) is 5.91 Å². The molecule has 1 atom stereocenters. The van der Waals surface area contributed by atoms with Crippen LogP contribution in [0.25, 0.3) is 10.2 Å². The van der Waals surface area contributed by atoms with Gasteiger partial charge in [-0.2, -0.15) is 5.10 Å². The molecule has 3 N–H and O–H groups in total. The van der Waals surface area contributed by atoms with E-state index in [1.54, 1.807) is 11.7 Å². The van der Waals surface area contributed by atoms with E-state index < -0.39 is 15.9 Å². The highest BCUT2D eigenvalue weighted by molar-refractivity contribution is 7.94. The van der Waals surface area contributed by atoms with Gasteiger partial charge in [-0.3, -0.25) is 9.48 Å². The smallest absolute Gasteiger partial charge is 0.264 e. The molecule has 1 aliphatic rings. The molecule has 2 aromatic heterocycles. The third-order valence-corrected chi connectivity index (χ3v) is 6.00. The molecule has 0 aliphatic carbocycles. The van der Waals surface area contributed by atoms with Crippen LogP contribution >= 0.6 is 11.3 Å². The number of anilines is 1. The maximum absolute atomic E-state index is 12.3. The number of nitrogens with two attached hydrogens (primary N) is 1. The number of fused-ring (bicyclic) bond motifs is 1. The van der Waals surface area contributed by atoms with Gasteiger partial charge in [-0.25, -0.2) is 8.42 Å². The topological polar surface area (TPSA) is 107 Å². The quantitative estimate of drug-likeness (QED) is 0.839. The number of nitrogens with one attached hydrogen (secondary N) is 1. The van der Waals surface area contributed by atoms with Crippen LogP contribution in [0.2, 0.25) is 0 Å². The molecule has 0 aromatic carbocycles. The van der Waals surface area contributed by atoms with Crippen molar-refractivity contribution in [2.45, 2.75) is 13.0 Å². The average molecular weight is 326 g/mol. The van der Waals surface area contributed by atoms with Gasteiger partial charge in [-0.05, 0) is 13.0 Å². The summed E-state index contributed by atoms with van der Waals surface area (Å²) in [6.45, 7) is 1.83. The van der Waals surface area contributed by atoms with Gasteiger partial charge >= 0.3 is 0 Å². The maximum atomic E-state index is 12.3. The Hall–Kier alpha value is -1.87. The highest BCUT2D eigenvalue weighted by Gasteiger charge is 2.26. The van der Waals surface area contributed by atoms with E-state index in [1.165, 1.54) is 17.4 Å². The molecule has 0 bridgehead atoms. The molecule has 0 radical (unpaired) electrons. The fourth-order valence-electron chi connectivity index (χ4n) is 2.40. The van der Waals surface area contributed by atoms with Crippen molar-refractivity contribution in [1.82, 2.24) is 15.1 Å². The van der Waals surface area contributed by atoms with Crippen LogP contribution in [0.4, 0.5) is 5.69 Å². The summed E-state index contributed by atoms with van der Waals surface area (Å²) in [5.41, 5.74) is 7.20. The van der Waals surface area contributed by atoms with Crippen LogP contribution in [0.15, 0.2) is 11.5 Å². The van der Waals surface area contributed by atoms with Crippen LogP contribution in [0.5, 0.6) is 0 Å². The Morgan fingerprint density at radius 2 is 2.29 bits per heavy atom. The molecule has 1 amide bonds. The van der Waals surface area contributed by atoms with Gasteiger partial charge < -0.3 is 11.1 Å². The van der Waals surface area contributed by atoms with Crippen molar-refractivity contribution in [3.63, 3.8) is 0 Å². The van der Waals surface area contributed by atoms with Gasteiger partial charge in [0.15, 0.2) is 9.84 Å². The molecule has 3 heterocycles. The number of sulfone groups is 1. The van der Waals surface area contributed by atoms with E-state index in [4.69, 9.17) is 5.73 Å². The highest BCUT2D eigenvalue weighted by Crippen LogP contribution is 2.35. The highest BCUT2D eigenvalue weighted by atomic mass is 32.2. The van der Waals surface area contributed by atoms with Gasteiger partial charge in [0, 0.05) is 12.5 Å². The molecular formula is C12H14N4O3S2. The molecule has 0 fully saturated rings. The summed E-state index contributed by atoms with van der Waals surface area (Å²) in [7, 11) is -1.41. The standard InChI is InChI=1S/C12H14N4O3S2/c1-6-8-9(13)10(20-12(8)16(2)15-6)11(17)14-7-3-4-21(18,19)5-7/h3-4,7H,5,13H2,1-2H3,(H,14,17). The molecule has 112 valence electrons. The molecule has 0 saturated carbocycles. The zero-order chi connectivity index (χ0) is 15.4. The van der Waals surface area contributed by atoms with Gasteiger partial charge in [-0.15, -0.1) is 11.3 Å². The fourth-order valence-corrected chi connectivity index (χ4v) is 4.72. The van der Waals surface area contributed by atoms with E-state index in [9.17, 15) is 13.2 Å². The van der Waals surface area contributed by atoms with E-state index in [2.05, 4.69) is 10.4 Å². The first kappa shape index (κ1) is 14.1. The van der Waals surface area contributed by atoms with E-state index in [0.717, 1.165) is 21.3 Å². The van der Waals surface area contributed by atoms with Crippen LogP contribution in [-0.4, -0.2) is 35.9 Å². The second-order valence-electron chi connectivity index (χ2n) is 4.97. The molecule has 21 heavy (non-hydrogen) atoms. The fraction of sp³-hybridized carbons (Fsp3) is 0.333. The number of aromatic nitrogens is 2. The Balaban J connectivity index is 1.91. The van der Waals surface area contributed by atoms with Gasteiger partial charge in [0.05, 0.1) is 28.6 Å². The summed E-state index contributed by atoms with van der Waals surface area (Å²) < 4.78 is 24.4. The maximum Gasteiger partial charge on any atom is 0.264 e. The van der Waals surface area contributed by atoms with E-state index in [0.29, 0.717) is 10.6 Å². The second-order valence-corrected chi connectivity index (χ2v) is 7.90. The third-order valence-electron chi connectivity index (χ3n) is 3.34. The Labute approximate surface area is 125 Å².